The van der Waals surface area contributed by atoms with Crippen LogP contribution in [0.2, 0.25) is 0 Å². The van der Waals surface area contributed by atoms with E-state index in [1.54, 1.807) is 11.8 Å². The lowest BCUT2D eigenvalue weighted by Crippen LogP contribution is -1.84. The van der Waals surface area contributed by atoms with Gasteiger partial charge in [0.2, 0.25) is 0 Å². The number of thioether (sulfide) groups is 1. The smallest absolute Gasteiger partial charge is 0.258 e. The van der Waals surface area contributed by atoms with E-state index in [-0.39, 0.29) is 11.5 Å². The topological polar surface area (TPSA) is 79.4 Å². The average molecular weight is 252 g/mol. The predicted molar refractivity (Wildman–Crippen MR) is 64.9 cm³/mol. The van der Waals surface area contributed by atoms with E-state index in [9.17, 15) is 10.2 Å². The normalized spacial score (nSPS) is 10.6. The predicted octanol–water partition coefficient (Wildman–Crippen LogP) is 2.40. The number of benzene rings is 1. The molecule has 2 aromatic rings. The molecule has 0 fully saturated rings. The molecule has 0 amide bonds. The highest BCUT2D eigenvalue weighted by Crippen LogP contribution is 2.27. The van der Waals surface area contributed by atoms with Crippen LogP contribution in [0.15, 0.2) is 22.7 Å². The van der Waals surface area contributed by atoms with Gasteiger partial charge in [0.05, 0.1) is 5.75 Å². The highest BCUT2D eigenvalue weighted by molar-refractivity contribution is 7.98. The maximum Gasteiger partial charge on any atom is 0.258 e. The summed E-state index contributed by atoms with van der Waals surface area (Å²) in [5.74, 6) is 2.49. The van der Waals surface area contributed by atoms with E-state index in [1.165, 1.54) is 18.2 Å². The fourth-order valence-electron chi connectivity index (χ4n) is 1.34. The summed E-state index contributed by atoms with van der Waals surface area (Å²) >= 11 is 1.69. The Labute approximate surface area is 102 Å². The number of hydrogen-bond donors (Lipinski definition) is 2. The maximum atomic E-state index is 9.35. The third kappa shape index (κ3) is 2.91. The van der Waals surface area contributed by atoms with E-state index in [0.29, 0.717) is 23.0 Å². The van der Waals surface area contributed by atoms with Crippen molar-refractivity contribution < 1.29 is 14.7 Å². The summed E-state index contributed by atoms with van der Waals surface area (Å²) in [7, 11) is 0. The molecule has 0 radical (unpaired) electrons. The number of nitrogens with zero attached hydrogens (tertiary/aromatic N) is 2. The van der Waals surface area contributed by atoms with Crippen LogP contribution in [0.25, 0.3) is 11.5 Å². The standard InChI is InChI=1S/C11H12N2O3S/c1-2-17-6-10-12-11(16-13-10)7-3-8(14)5-9(15)4-7/h3-5,14-15H,2,6H2,1H3. The molecule has 5 nitrogen and oxygen atoms in total. The molecule has 17 heavy (non-hydrogen) atoms. The summed E-state index contributed by atoms with van der Waals surface area (Å²) in [5.41, 5.74) is 0.503. The first kappa shape index (κ1) is 11.8. The van der Waals surface area contributed by atoms with Crippen molar-refractivity contribution in [3.8, 4) is 23.0 Å². The Morgan fingerprint density at radius 2 is 1.94 bits per heavy atom. The lowest BCUT2D eigenvalue weighted by Gasteiger charge is -1.97. The van der Waals surface area contributed by atoms with Gasteiger partial charge in [-0.2, -0.15) is 16.7 Å². The van der Waals surface area contributed by atoms with Crippen LogP contribution in [-0.4, -0.2) is 26.1 Å². The fourth-order valence-corrected chi connectivity index (χ4v) is 1.85. The van der Waals surface area contributed by atoms with Crippen molar-refractivity contribution in [2.75, 3.05) is 5.75 Å². The molecule has 1 aromatic carbocycles. The Balaban J connectivity index is 2.24. The monoisotopic (exact) mass is 252 g/mol. The lowest BCUT2D eigenvalue weighted by molar-refractivity contribution is 0.422. The second kappa shape index (κ2) is 5.09. The zero-order valence-corrected chi connectivity index (χ0v) is 10.1. The van der Waals surface area contributed by atoms with Gasteiger partial charge < -0.3 is 14.7 Å². The Hall–Kier alpha value is -1.69. The third-order valence-electron chi connectivity index (χ3n) is 2.05. The van der Waals surface area contributed by atoms with Gasteiger partial charge in [-0.05, 0) is 17.9 Å². The Morgan fingerprint density at radius 3 is 2.59 bits per heavy atom. The van der Waals surface area contributed by atoms with E-state index < -0.39 is 0 Å². The number of aromatic nitrogens is 2. The zero-order chi connectivity index (χ0) is 12.3. The van der Waals surface area contributed by atoms with Crippen LogP contribution in [0.4, 0.5) is 0 Å². The third-order valence-corrected chi connectivity index (χ3v) is 2.92. The highest BCUT2D eigenvalue weighted by Gasteiger charge is 2.10. The van der Waals surface area contributed by atoms with Crippen molar-refractivity contribution in [2.45, 2.75) is 12.7 Å². The molecule has 2 rings (SSSR count). The minimum atomic E-state index is -0.0392. The molecule has 0 atom stereocenters. The molecule has 0 saturated heterocycles. The summed E-state index contributed by atoms with van der Waals surface area (Å²) in [6.45, 7) is 2.05. The molecule has 1 heterocycles. The van der Waals surface area contributed by atoms with Gasteiger partial charge in [-0.15, -0.1) is 0 Å². The average Bonchev–Trinajstić information content (AvgIpc) is 2.73. The molecule has 6 heteroatoms. The minimum absolute atomic E-state index is 0.0392. The largest absolute Gasteiger partial charge is 0.508 e. The number of phenols is 2. The molecule has 0 aliphatic rings. The van der Waals surface area contributed by atoms with E-state index in [2.05, 4.69) is 17.1 Å². The molecular weight excluding hydrogens is 240 g/mol. The van der Waals surface area contributed by atoms with E-state index in [0.717, 1.165) is 5.75 Å². The van der Waals surface area contributed by atoms with Gasteiger partial charge >= 0.3 is 0 Å². The minimum Gasteiger partial charge on any atom is -0.508 e. The first-order valence-corrected chi connectivity index (χ1v) is 6.28. The molecule has 0 saturated carbocycles. The summed E-state index contributed by atoms with van der Waals surface area (Å²) in [6, 6.07) is 4.17. The van der Waals surface area contributed by atoms with Crippen molar-refractivity contribution in [3.63, 3.8) is 0 Å². The van der Waals surface area contributed by atoms with Gasteiger partial charge in [0, 0.05) is 11.6 Å². The molecular formula is C11H12N2O3S. The van der Waals surface area contributed by atoms with Gasteiger partial charge in [-0.25, -0.2) is 0 Å². The Bertz CT molecular complexity index is 493. The van der Waals surface area contributed by atoms with Crippen molar-refractivity contribution in [3.05, 3.63) is 24.0 Å². The van der Waals surface area contributed by atoms with Crippen LogP contribution in [0.1, 0.15) is 12.7 Å². The molecule has 0 aliphatic carbocycles. The molecule has 90 valence electrons. The van der Waals surface area contributed by atoms with E-state index >= 15 is 0 Å². The number of aromatic hydroxyl groups is 2. The SMILES string of the molecule is CCSCc1noc(-c2cc(O)cc(O)c2)n1. The lowest BCUT2D eigenvalue weighted by atomic mass is 10.2. The van der Waals surface area contributed by atoms with Crippen LogP contribution < -0.4 is 0 Å². The Morgan fingerprint density at radius 1 is 1.24 bits per heavy atom. The number of rotatable bonds is 4. The van der Waals surface area contributed by atoms with Crippen molar-refractivity contribution in [1.29, 1.82) is 0 Å². The molecule has 0 bridgehead atoms. The summed E-state index contributed by atoms with van der Waals surface area (Å²) in [6.07, 6.45) is 0. The molecule has 0 aliphatic heterocycles. The second-order valence-corrected chi connectivity index (χ2v) is 4.67. The quantitative estimate of drug-likeness (QED) is 0.869. The molecule has 0 unspecified atom stereocenters. The van der Waals surface area contributed by atoms with Crippen molar-refractivity contribution >= 4 is 11.8 Å². The first-order valence-electron chi connectivity index (χ1n) is 5.12. The van der Waals surface area contributed by atoms with Gasteiger partial charge in [0.1, 0.15) is 11.5 Å². The van der Waals surface area contributed by atoms with Gasteiger partial charge in [0.25, 0.3) is 5.89 Å². The first-order chi connectivity index (χ1) is 8.19. The molecule has 2 N–H and O–H groups in total. The molecule has 0 spiro atoms. The molecule has 1 aromatic heterocycles. The zero-order valence-electron chi connectivity index (χ0n) is 9.25. The van der Waals surface area contributed by atoms with E-state index in [4.69, 9.17) is 4.52 Å². The highest BCUT2D eigenvalue weighted by atomic mass is 32.2. The van der Waals surface area contributed by atoms with Crippen LogP contribution >= 0.6 is 11.8 Å². The van der Waals surface area contributed by atoms with Gasteiger partial charge in [0.15, 0.2) is 5.82 Å². The van der Waals surface area contributed by atoms with Crippen LogP contribution in [0.5, 0.6) is 11.5 Å². The van der Waals surface area contributed by atoms with Gasteiger partial charge in [-0.3, -0.25) is 0 Å². The maximum absolute atomic E-state index is 9.35. The summed E-state index contributed by atoms with van der Waals surface area (Å²) in [4.78, 5) is 4.18. The van der Waals surface area contributed by atoms with Crippen LogP contribution in [0.3, 0.4) is 0 Å². The van der Waals surface area contributed by atoms with Crippen molar-refractivity contribution in [1.82, 2.24) is 10.1 Å². The van der Waals surface area contributed by atoms with Crippen LogP contribution in [-0.2, 0) is 5.75 Å². The fraction of sp³-hybridized carbons (Fsp3) is 0.273. The number of hydrogen-bond acceptors (Lipinski definition) is 6. The number of phenolic OH excluding ortho intramolecular Hbond substituents is 2. The second-order valence-electron chi connectivity index (χ2n) is 3.39. The van der Waals surface area contributed by atoms with E-state index in [1.807, 2.05) is 0 Å². The summed E-state index contributed by atoms with van der Waals surface area (Å²) in [5, 5.41) is 22.5. The van der Waals surface area contributed by atoms with Gasteiger partial charge in [-0.1, -0.05) is 12.1 Å². The van der Waals surface area contributed by atoms with Crippen LogP contribution in [0, 0.1) is 0 Å². The summed E-state index contributed by atoms with van der Waals surface area (Å²) < 4.78 is 5.06. The van der Waals surface area contributed by atoms with Crippen molar-refractivity contribution in [2.24, 2.45) is 0 Å². The Kier molecular flexibility index (Phi) is 3.53.